The van der Waals surface area contributed by atoms with Gasteiger partial charge in [0.15, 0.2) is 0 Å². The molecule has 30 heavy (non-hydrogen) atoms. The van der Waals surface area contributed by atoms with Crippen LogP contribution in [0.5, 0.6) is 5.75 Å². The topological polar surface area (TPSA) is 105 Å². The van der Waals surface area contributed by atoms with Crippen LogP contribution in [0.4, 0.5) is 0 Å². The van der Waals surface area contributed by atoms with E-state index in [-0.39, 0.29) is 11.3 Å². The standard InChI is InChI=1S/C23H25N3O4/c1-3-4-5-6-8-16-11-18-12-19(23(29)30-21(18)13-20(16)27)15(2)25-26-22(28)17-9-7-10-24-14-17/h7,9-14,27H,3-6,8H2,1-2H3,(H,26,28)/b25-15-. The van der Waals surface area contributed by atoms with E-state index in [9.17, 15) is 14.7 Å². The molecule has 0 aliphatic heterocycles. The number of nitrogens with one attached hydrogen (secondary N) is 1. The van der Waals surface area contributed by atoms with Crippen LogP contribution in [0.15, 0.2) is 57.0 Å². The molecule has 0 spiro atoms. The average molecular weight is 407 g/mol. The average Bonchev–Trinajstić information content (AvgIpc) is 2.75. The number of nitrogens with zero attached hydrogens (tertiary/aromatic N) is 2. The molecule has 0 saturated heterocycles. The van der Waals surface area contributed by atoms with E-state index in [1.54, 1.807) is 31.3 Å². The van der Waals surface area contributed by atoms with Gasteiger partial charge in [-0.2, -0.15) is 5.10 Å². The van der Waals surface area contributed by atoms with Crippen LogP contribution in [-0.4, -0.2) is 21.7 Å². The van der Waals surface area contributed by atoms with Crippen molar-refractivity contribution in [2.75, 3.05) is 0 Å². The Bertz CT molecular complexity index is 1120. The highest BCUT2D eigenvalue weighted by atomic mass is 16.4. The van der Waals surface area contributed by atoms with Gasteiger partial charge in [0.05, 0.1) is 16.8 Å². The van der Waals surface area contributed by atoms with Crippen LogP contribution in [0, 0.1) is 0 Å². The zero-order valence-corrected chi connectivity index (χ0v) is 17.1. The van der Waals surface area contributed by atoms with Gasteiger partial charge in [-0.25, -0.2) is 10.2 Å². The third kappa shape index (κ3) is 5.11. The van der Waals surface area contributed by atoms with Crippen LogP contribution in [0.25, 0.3) is 11.0 Å². The van der Waals surface area contributed by atoms with Crippen molar-refractivity contribution in [3.05, 3.63) is 69.8 Å². The molecule has 3 rings (SSSR count). The van der Waals surface area contributed by atoms with Gasteiger partial charge in [0.25, 0.3) is 5.91 Å². The van der Waals surface area contributed by atoms with Gasteiger partial charge in [0.2, 0.25) is 0 Å². The lowest BCUT2D eigenvalue weighted by molar-refractivity contribution is 0.0954. The van der Waals surface area contributed by atoms with Crippen molar-refractivity contribution in [2.24, 2.45) is 5.10 Å². The van der Waals surface area contributed by atoms with E-state index >= 15 is 0 Å². The molecule has 0 saturated carbocycles. The second-order valence-electron chi connectivity index (χ2n) is 7.16. The molecule has 0 atom stereocenters. The van der Waals surface area contributed by atoms with Crippen LogP contribution in [0.1, 0.15) is 61.0 Å². The number of unbranched alkanes of at least 4 members (excludes halogenated alkanes) is 3. The SMILES string of the molecule is CCCCCCc1cc2cc(/C(C)=N\NC(=O)c3cccnc3)c(=O)oc2cc1O. The number of benzene rings is 1. The van der Waals surface area contributed by atoms with Gasteiger partial charge in [-0.05, 0) is 49.6 Å². The number of aromatic hydroxyl groups is 1. The number of hydrazone groups is 1. The first-order chi connectivity index (χ1) is 14.5. The molecule has 0 aliphatic carbocycles. The number of carbonyl (C=O) groups excluding carboxylic acids is 1. The Balaban J connectivity index is 1.84. The maximum atomic E-state index is 12.4. The van der Waals surface area contributed by atoms with Gasteiger partial charge < -0.3 is 9.52 Å². The molecule has 0 fully saturated rings. The Hall–Kier alpha value is -3.48. The van der Waals surface area contributed by atoms with Crippen molar-refractivity contribution < 1.29 is 14.3 Å². The zero-order valence-electron chi connectivity index (χ0n) is 17.1. The Morgan fingerprint density at radius 2 is 2.07 bits per heavy atom. The van der Waals surface area contributed by atoms with Crippen LogP contribution in [0.2, 0.25) is 0 Å². The van der Waals surface area contributed by atoms with Gasteiger partial charge in [-0.3, -0.25) is 9.78 Å². The summed E-state index contributed by atoms with van der Waals surface area (Å²) in [4.78, 5) is 28.4. The summed E-state index contributed by atoms with van der Waals surface area (Å²) in [5.41, 5.74) is 3.89. The zero-order chi connectivity index (χ0) is 21.5. The maximum Gasteiger partial charge on any atom is 0.345 e. The van der Waals surface area contributed by atoms with E-state index in [1.165, 1.54) is 12.3 Å². The first-order valence-corrected chi connectivity index (χ1v) is 10.0. The molecular weight excluding hydrogens is 382 g/mol. The van der Waals surface area contributed by atoms with Crippen molar-refractivity contribution >= 4 is 22.6 Å². The summed E-state index contributed by atoms with van der Waals surface area (Å²) in [5, 5.41) is 15.0. The second-order valence-corrected chi connectivity index (χ2v) is 7.16. The Kier molecular flexibility index (Phi) is 6.95. The van der Waals surface area contributed by atoms with Gasteiger partial charge in [0.1, 0.15) is 11.3 Å². The number of aryl methyl sites for hydroxylation is 1. The summed E-state index contributed by atoms with van der Waals surface area (Å²) in [7, 11) is 0. The molecule has 7 heteroatoms. The number of pyridine rings is 1. The fraction of sp³-hybridized carbons (Fsp3) is 0.304. The van der Waals surface area contributed by atoms with Crippen molar-refractivity contribution in [3.63, 3.8) is 0 Å². The van der Waals surface area contributed by atoms with E-state index in [2.05, 4.69) is 22.4 Å². The van der Waals surface area contributed by atoms with Crippen molar-refractivity contribution in [1.29, 1.82) is 0 Å². The summed E-state index contributed by atoms with van der Waals surface area (Å²) in [6, 6.07) is 8.26. The molecule has 2 heterocycles. The lowest BCUT2D eigenvalue weighted by atomic mass is 10.0. The van der Waals surface area contributed by atoms with E-state index in [0.717, 1.165) is 37.7 Å². The van der Waals surface area contributed by atoms with E-state index in [1.807, 2.05) is 6.07 Å². The maximum absolute atomic E-state index is 12.4. The van der Waals surface area contributed by atoms with Gasteiger partial charge >= 0.3 is 5.63 Å². The monoisotopic (exact) mass is 407 g/mol. The number of fused-ring (bicyclic) bond motifs is 1. The minimum atomic E-state index is -0.588. The smallest absolute Gasteiger partial charge is 0.345 e. The highest BCUT2D eigenvalue weighted by Crippen LogP contribution is 2.26. The molecule has 156 valence electrons. The van der Waals surface area contributed by atoms with E-state index in [0.29, 0.717) is 22.2 Å². The molecule has 3 aromatic rings. The van der Waals surface area contributed by atoms with E-state index < -0.39 is 11.5 Å². The second kappa shape index (κ2) is 9.82. The van der Waals surface area contributed by atoms with Crippen LogP contribution in [0.3, 0.4) is 0 Å². The molecule has 0 radical (unpaired) electrons. The molecule has 0 aliphatic rings. The lowest BCUT2D eigenvalue weighted by Crippen LogP contribution is -2.21. The molecule has 1 aromatic carbocycles. The lowest BCUT2D eigenvalue weighted by Gasteiger charge is -2.08. The summed E-state index contributed by atoms with van der Waals surface area (Å²) < 4.78 is 5.37. The number of carbonyl (C=O) groups is 1. The molecule has 7 nitrogen and oxygen atoms in total. The number of phenols is 1. The number of amides is 1. The summed E-state index contributed by atoms with van der Waals surface area (Å²) in [6.07, 6.45) is 8.15. The van der Waals surface area contributed by atoms with Crippen LogP contribution in [-0.2, 0) is 6.42 Å². The van der Waals surface area contributed by atoms with Gasteiger partial charge in [0, 0.05) is 23.8 Å². The third-order valence-corrected chi connectivity index (χ3v) is 4.87. The fourth-order valence-electron chi connectivity index (χ4n) is 3.15. The Labute approximate surface area is 174 Å². The fourth-order valence-corrected chi connectivity index (χ4v) is 3.15. The van der Waals surface area contributed by atoms with Crippen molar-refractivity contribution in [2.45, 2.75) is 46.0 Å². The van der Waals surface area contributed by atoms with Crippen LogP contribution < -0.4 is 11.1 Å². The Morgan fingerprint density at radius 1 is 1.23 bits per heavy atom. The number of hydrogen-bond donors (Lipinski definition) is 2. The normalized spacial score (nSPS) is 11.6. The minimum absolute atomic E-state index is 0.129. The Morgan fingerprint density at radius 3 is 2.80 bits per heavy atom. The third-order valence-electron chi connectivity index (χ3n) is 4.87. The van der Waals surface area contributed by atoms with Crippen LogP contribution >= 0.6 is 0 Å². The van der Waals surface area contributed by atoms with Crippen molar-refractivity contribution in [1.82, 2.24) is 10.4 Å². The quantitative estimate of drug-likeness (QED) is 0.252. The molecule has 2 aromatic heterocycles. The highest BCUT2D eigenvalue weighted by Gasteiger charge is 2.12. The predicted molar refractivity (Wildman–Crippen MR) is 116 cm³/mol. The molecular formula is C23H25N3O4. The van der Waals surface area contributed by atoms with E-state index in [4.69, 9.17) is 4.42 Å². The minimum Gasteiger partial charge on any atom is -0.508 e. The molecule has 0 unspecified atom stereocenters. The number of rotatable bonds is 8. The molecule has 0 bridgehead atoms. The largest absolute Gasteiger partial charge is 0.508 e. The van der Waals surface area contributed by atoms with Crippen molar-refractivity contribution in [3.8, 4) is 5.75 Å². The first kappa shape index (κ1) is 21.2. The summed E-state index contributed by atoms with van der Waals surface area (Å²) >= 11 is 0. The predicted octanol–water partition coefficient (Wildman–Crippen LogP) is 4.17. The summed E-state index contributed by atoms with van der Waals surface area (Å²) in [6.45, 7) is 3.77. The van der Waals surface area contributed by atoms with Gasteiger partial charge in [-0.15, -0.1) is 0 Å². The number of hydrogen-bond acceptors (Lipinski definition) is 6. The van der Waals surface area contributed by atoms with Gasteiger partial charge in [-0.1, -0.05) is 26.2 Å². The summed E-state index contributed by atoms with van der Waals surface area (Å²) in [5.74, 6) is -0.295. The first-order valence-electron chi connectivity index (χ1n) is 10.0. The highest BCUT2D eigenvalue weighted by molar-refractivity contribution is 6.02. The number of phenolic OH excluding ortho intramolecular Hbond substituents is 1. The number of aromatic nitrogens is 1. The molecule has 1 amide bonds. The molecule has 2 N–H and O–H groups in total.